The van der Waals surface area contributed by atoms with E-state index in [0.717, 1.165) is 17.9 Å². The third-order valence-electron chi connectivity index (χ3n) is 7.66. The average Bonchev–Trinajstić information content (AvgIpc) is 3.24. The maximum absolute atomic E-state index is 13.1. The summed E-state index contributed by atoms with van der Waals surface area (Å²) >= 11 is 0. The SMILES string of the molecule is O=C(OCCOCCOCCOCCOCCOCCOCCOCCOCCOCCOCCOc1ccccc1)c1ccccc1Nc1cccc(C(F)(F)F)c1. The second-order valence-electron chi connectivity index (χ2n) is 12.2. The topological polar surface area (TPSA) is 140 Å². The molecule has 0 aliphatic rings. The summed E-state index contributed by atoms with van der Waals surface area (Å²) in [6.45, 7) is 9.17. The molecule has 3 rings (SSSR count). The molecule has 1 N–H and O–H groups in total. The number of para-hydroxylation sites is 2. The molecule has 0 saturated carbocycles. The van der Waals surface area contributed by atoms with Crippen molar-refractivity contribution in [3.05, 3.63) is 90.0 Å². The van der Waals surface area contributed by atoms with Crippen LogP contribution in [-0.4, -0.2) is 151 Å². The van der Waals surface area contributed by atoms with Crippen molar-refractivity contribution >= 4 is 17.3 Å². The predicted octanol–water partition coefficient (Wildman–Crippen LogP) is 5.85. The van der Waals surface area contributed by atoms with Crippen LogP contribution in [0.3, 0.4) is 0 Å². The van der Waals surface area contributed by atoms with Crippen molar-refractivity contribution in [1.82, 2.24) is 0 Å². The van der Waals surface area contributed by atoms with Crippen molar-refractivity contribution in [3.63, 3.8) is 0 Å². The van der Waals surface area contributed by atoms with Crippen LogP contribution in [0.4, 0.5) is 24.5 Å². The zero-order valence-electron chi connectivity index (χ0n) is 33.5. The lowest BCUT2D eigenvalue weighted by Crippen LogP contribution is -2.16. The lowest BCUT2D eigenvalue weighted by molar-refractivity contribution is -0.137. The van der Waals surface area contributed by atoms with Gasteiger partial charge in [-0.3, -0.25) is 0 Å². The number of alkyl halides is 3. The third kappa shape index (κ3) is 25.4. The molecule has 59 heavy (non-hydrogen) atoms. The molecule has 330 valence electrons. The smallest absolute Gasteiger partial charge is 0.416 e. The minimum Gasteiger partial charge on any atom is -0.491 e. The monoisotopic (exact) mass is 841 g/mol. The Bertz CT molecular complexity index is 1470. The Morgan fingerprint density at radius 3 is 1.27 bits per heavy atom. The maximum Gasteiger partial charge on any atom is 0.416 e. The van der Waals surface area contributed by atoms with Gasteiger partial charge in [0, 0.05) is 5.69 Å². The van der Waals surface area contributed by atoms with Crippen molar-refractivity contribution in [2.24, 2.45) is 0 Å². The van der Waals surface area contributed by atoms with Crippen LogP contribution in [0.15, 0.2) is 78.9 Å². The summed E-state index contributed by atoms with van der Waals surface area (Å²) in [6, 6.07) is 20.7. The van der Waals surface area contributed by atoms with E-state index in [-0.39, 0.29) is 24.5 Å². The van der Waals surface area contributed by atoms with Crippen LogP contribution in [0.5, 0.6) is 5.75 Å². The highest BCUT2D eigenvalue weighted by molar-refractivity contribution is 5.96. The van der Waals surface area contributed by atoms with E-state index in [4.69, 9.17) is 56.8 Å². The zero-order chi connectivity index (χ0) is 41.9. The molecule has 0 atom stereocenters. The molecule has 3 aromatic carbocycles. The first-order chi connectivity index (χ1) is 28.9. The molecule has 0 aliphatic carbocycles. The number of anilines is 2. The van der Waals surface area contributed by atoms with Gasteiger partial charge in [0.2, 0.25) is 0 Å². The highest BCUT2D eigenvalue weighted by Crippen LogP contribution is 2.32. The predicted molar refractivity (Wildman–Crippen MR) is 212 cm³/mol. The summed E-state index contributed by atoms with van der Waals surface area (Å²) in [6.07, 6.45) is -4.48. The van der Waals surface area contributed by atoms with E-state index in [2.05, 4.69) is 5.32 Å². The molecule has 0 bridgehead atoms. The molecule has 0 fully saturated rings. The second kappa shape index (κ2) is 32.9. The average molecular weight is 842 g/mol. The highest BCUT2D eigenvalue weighted by Gasteiger charge is 2.30. The molecule has 0 spiro atoms. The van der Waals surface area contributed by atoms with Crippen molar-refractivity contribution in [3.8, 4) is 5.75 Å². The minimum absolute atomic E-state index is 0.00435. The molecular weight excluding hydrogens is 783 g/mol. The lowest BCUT2D eigenvalue weighted by Gasteiger charge is -2.13. The van der Waals surface area contributed by atoms with E-state index in [1.54, 1.807) is 18.2 Å². The summed E-state index contributed by atoms with van der Waals surface area (Å²) in [5.74, 6) is 0.199. The molecule has 0 aliphatic heterocycles. The molecular formula is C42H58F3NO13. The summed E-state index contributed by atoms with van der Waals surface area (Å²) in [7, 11) is 0. The first-order valence-corrected chi connectivity index (χ1v) is 19.6. The molecule has 0 radical (unpaired) electrons. The summed E-state index contributed by atoms with van der Waals surface area (Å²) in [5, 5.41) is 2.86. The number of carbonyl (C=O) groups is 1. The van der Waals surface area contributed by atoms with Crippen LogP contribution in [0.1, 0.15) is 15.9 Å². The number of esters is 1. The number of carbonyl (C=O) groups excluding carboxylic acids is 1. The van der Waals surface area contributed by atoms with Crippen molar-refractivity contribution in [1.29, 1.82) is 0 Å². The molecule has 0 heterocycles. The Kier molecular flexibility index (Phi) is 27.6. The number of rotatable bonds is 37. The van der Waals surface area contributed by atoms with E-state index in [1.165, 1.54) is 18.2 Å². The number of hydrogen-bond acceptors (Lipinski definition) is 14. The van der Waals surface area contributed by atoms with Gasteiger partial charge in [0.15, 0.2) is 0 Å². The number of hydrogen-bond donors (Lipinski definition) is 1. The number of nitrogens with one attached hydrogen (secondary N) is 1. The number of ether oxygens (including phenoxy) is 12. The van der Waals surface area contributed by atoms with E-state index >= 15 is 0 Å². The van der Waals surface area contributed by atoms with E-state index in [9.17, 15) is 18.0 Å². The van der Waals surface area contributed by atoms with E-state index in [0.29, 0.717) is 138 Å². The molecule has 0 amide bonds. The minimum atomic E-state index is -4.48. The molecule has 0 aromatic heterocycles. The summed E-state index contributed by atoms with van der Waals surface area (Å²) < 4.78 is 105. The van der Waals surface area contributed by atoms with Gasteiger partial charge in [-0.15, -0.1) is 0 Å². The van der Waals surface area contributed by atoms with Crippen molar-refractivity contribution < 1.29 is 74.8 Å². The molecule has 14 nitrogen and oxygen atoms in total. The van der Waals surface area contributed by atoms with Crippen LogP contribution in [-0.2, 0) is 58.3 Å². The van der Waals surface area contributed by atoms with Crippen molar-refractivity contribution in [2.75, 3.05) is 151 Å². The van der Waals surface area contributed by atoms with Crippen LogP contribution >= 0.6 is 0 Å². The van der Waals surface area contributed by atoms with Gasteiger partial charge in [-0.05, 0) is 42.5 Å². The standard InChI is InChI=1S/C42H58F3NO13/c43-42(44,45)36-7-6-8-37(35-36)46-40-12-5-4-11-39(40)41(47)59-34-32-57-30-28-55-26-24-53-22-20-51-18-16-49-14-13-48-15-17-50-19-21-52-23-25-54-27-29-56-31-33-58-38-9-2-1-3-10-38/h1-12,35,46H,13-34H2. The van der Waals surface area contributed by atoms with Gasteiger partial charge < -0.3 is 62.2 Å². The van der Waals surface area contributed by atoms with Crippen LogP contribution in [0.25, 0.3) is 0 Å². The Hall–Kier alpha value is -3.88. The van der Waals surface area contributed by atoms with Gasteiger partial charge in [0.05, 0.1) is 149 Å². The van der Waals surface area contributed by atoms with Gasteiger partial charge in [-0.1, -0.05) is 36.4 Å². The Labute approximate surface area is 344 Å². The molecule has 0 saturated heterocycles. The summed E-state index contributed by atoms with van der Waals surface area (Å²) in [5.41, 5.74) is -0.0966. The van der Waals surface area contributed by atoms with Crippen LogP contribution in [0.2, 0.25) is 0 Å². The summed E-state index contributed by atoms with van der Waals surface area (Å²) in [4.78, 5) is 12.6. The van der Waals surface area contributed by atoms with Gasteiger partial charge in [-0.25, -0.2) is 4.79 Å². The Morgan fingerprint density at radius 2 is 0.831 bits per heavy atom. The first-order valence-electron chi connectivity index (χ1n) is 19.6. The van der Waals surface area contributed by atoms with Crippen LogP contribution < -0.4 is 10.1 Å². The molecule has 0 unspecified atom stereocenters. The Balaban J connectivity index is 0.975. The van der Waals surface area contributed by atoms with Gasteiger partial charge >= 0.3 is 12.1 Å². The maximum atomic E-state index is 13.1. The fourth-order valence-corrected chi connectivity index (χ4v) is 4.79. The fraction of sp³-hybridized carbons (Fsp3) is 0.548. The lowest BCUT2D eigenvalue weighted by atomic mass is 10.1. The Morgan fingerprint density at radius 1 is 0.441 bits per heavy atom. The largest absolute Gasteiger partial charge is 0.491 e. The number of benzene rings is 3. The second-order valence-corrected chi connectivity index (χ2v) is 12.2. The molecule has 3 aromatic rings. The zero-order valence-corrected chi connectivity index (χ0v) is 33.5. The first kappa shape index (κ1) is 49.5. The fourth-order valence-electron chi connectivity index (χ4n) is 4.79. The van der Waals surface area contributed by atoms with Crippen molar-refractivity contribution in [2.45, 2.75) is 6.18 Å². The van der Waals surface area contributed by atoms with E-state index < -0.39 is 17.7 Å². The van der Waals surface area contributed by atoms with Gasteiger partial charge in [0.1, 0.15) is 19.0 Å². The van der Waals surface area contributed by atoms with Gasteiger partial charge in [0.25, 0.3) is 0 Å². The van der Waals surface area contributed by atoms with Crippen LogP contribution in [0, 0.1) is 0 Å². The highest BCUT2D eigenvalue weighted by atomic mass is 19.4. The quantitative estimate of drug-likeness (QED) is 0.0549. The van der Waals surface area contributed by atoms with Gasteiger partial charge in [-0.2, -0.15) is 13.2 Å². The normalized spacial score (nSPS) is 11.5. The molecule has 17 heteroatoms. The third-order valence-corrected chi connectivity index (χ3v) is 7.66. The number of halogens is 3. The van der Waals surface area contributed by atoms with E-state index in [1.807, 2.05) is 30.3 Å².